The van der Waals surface area contributed by atoms with E-state index < -0.39 is 21.7 Å². The number of nitrogens with zero attached hydrogens (tertiary/aromatic N) is 1. The molecule has 0 unspecified atom stereocenters. The van der Waals surface area contributed by atoms with Crippen molar-refractivity contribution in [3.8, 4) is 0 Å². The summed E-state index contributed by atoms with van der Waals surface area (Å²) in [6.07, 6.45) is 3.80. The minimum Gasteiger partial charge on any atom is -0.355 e. The van der Waals surface area contributed by atoms with Gasteiger partial charge in [0.2, 0.25) is 15.9 Å². The number of nitrogens with one attached hydrogen (secondary N) is 2. The average molecular weight is 348 g/mol. The Balaban J connectivity index is 2.40. The molecule has 0 spiro atoms. The summed E-state index contributed by atoms with van der Waals surface area (Å²) in [7, 11) is 0.389. The highest BCUT2D eigenvalue weighted by molar-refractivity contribution is 7.90. The standard InChI is InChI=1S/C16H33N3O3S/c1-13-6-8-14(9-7-13)18-23(21,22)10-15(20)17-11-16(2,3)12-19(4)5/h13-14,18H,6-12H2,1-5H3,(H,17,20). The molecule has 136 valence electrons. The van der Waals surface area contributed by atoms with Gasteiger partial charge in [-0.15, -0.1) is 0 Å². The van der Waals surface area contributed by atoms with Gasteiger partial charge >= 0.3 is 0 Å². The zero-order valence-corrected chi connectivity index (χ0v) is 16.0. The van der Waals surface area contributed by atoms with E-state index in [1.165, 1.54) is 0 Å². The maximum absolute atomic E-state index is 12.1. The summed E-state index contributed by atoms with van der Waals surface area (Å²) in [5.41, 5.74) is -0.101. The molecule has 0 aliphatic heterocycles. The van der Waals surface area contributed by atoms with Gasteiger partial charge in [0.05, 0.1) is 0 Å². The number of hydrogen-bond acceptors (Lipinski definition) is 4. The van der Waals surface area contributed by atoms with E-state index in [4.69, 9.17) is 0 Å². The van der Waals surface area contributed by atoms with Crippen LogP contribution in [0, 0.1) is 11.3 Å². The van der Waals surface area contributed by atoms with Crippen LogP contribution in [0.4, 0.5) is 0 Å². The molecule has 0 atom stereocenters. The number of carbonyl (C=O) groups is 1. The van der Waals surface area contributed by atoms with Gasteiger partial charge in [-0.25, -0.2) is 13.1 Å². The zero-order chi connectivity index (χ0) is 17.7. The Hall–Kier alpha value is -0.660. The molecule has 0 aromatic heterocycles. The van der Waals surface area contributed by atoms with E-state index in [1.54, 1.807) is 0 Å². The summed E-state index contributed by atoms with van der Waals surface area (Å²) in [5, 5.41) is 2.74. The Labute approximate surface area is 141 Å². The van der Waals surface area contributed by atoms with Crippen LogP contribution in [0.5, 0.6) is 0 Å². The zero-order valence-electron chi connectivity index (χ0n) is 15.2. The predicted octanol–water partition coefficient (Wildman–Crippen LogP) is 1.19. The molecule has 1 aliphatic carbocycles. The van der Waals surface area contributed by atoms with Crippen molar-refractivity contribution in [2.75, 3.05) is 32.9 Å². The lowest BCUT2D eigenvalue weighted by molar-refractivity contribution is -0.119. The van der Waals surface area contributed by atoms with Crippen molar-refractivity contribution in [2.24, 2.45) is 11.3 Å². The third kappa shape index (κ3) is 8.67. The van der Waals surface area contributed by atoms with Crippen LogP contribution in [0.15, 0.2) is 0 Å². The fraction of sp³-hybridized carbons (Fsp3) is 0.938. The number of carbonyl (C=O) groups excluding carboxylic acids is 1. The average Bonchev–Trinajstić information content (AvgIpc) is 2.37. The van der Waals surface area contributed by atoms with E-state index >= 15 is 0 Å². The SMILES string of the molecule is CC1CCC(NS(=O)(=O)CC(=O)NCC(C)(C)CN(C)C)CC1. The molecule has 23 heavy (non-hydrogen) atoms. The van der Waals surface area contributed by atoms with Gasteiger partial charge in [-0.3, -0.25) is 4.79 Å². The smallest absolute Gasteiger partial charge is 0.236 e. The van der Waals surface area contributed by atoms with Gasteiger partial charge in [0.25, 0.3) is 0 Å². The van der Waals surface area contributed by atoms with Crippen LogP contribution in [0.25, 0.3) is 0 Å². The molecule has 0 bridgehead atoms. The Kier molecular flexibility index (Phi) is 7.48. The second-order valence-electron chi connectivity index (χ2n) is 8.01. The third-order valence-corrected chi connectivity index (χ3v) is 5.53. The van der Waals surface area contributed by atoms with E-state index in [-0.39, 0.29) is 11.5 Å². The maximum atomic E-state index is 12.1. The van der Waals surface area contributed by atoms with Gasteiger partial charge in [0, 0.05) is 19.1 Å². The molecule has 1 aliphatic rings. The molecule has 1 saturated carbocycles. The molecule has 7 heteroatoms. The summed E-state index contributed by atoms with van der Waals surface area (Å²) in [6, 6.07) is -0.0193. The van der Waals surface area contributed by atoms with Gasteiger partial charge in [0.1, 0.15) is 5.75 Å². The van der Waals surface area contributed by atoms with Gasteiger partial charge in [-0.1, -0.05) is 20.8 Å². The second kappa shape index (κ2) is 8.44. The topological polar surface area (TPSA) is 78.5 Å². The summed E-state index contributed by atoms with van der Waals surface area (Å²) in [6.45, 7) is 7.55. The van der Waals surface area contributed by atoms with E-state index in [0.717, 1.165) is 32.2 Å². The van der Waals surface area contributed by atoms with Crippen LogP contribution in [0.3, 0.4) is 0 Å². The van der Waals surface area contributed by atoms with E-state index in [2.05, 4.69) is 21.9 Å². The lowest BCUT2D eigenvalue weighted by atomic mass is 9.88. The van der Waals surface area contributed by atoms with Crippen molar-refractivity contribution in [2.45, 2.75) is 52.5 Å². The largest absolute Gasteiger partial charge is 0.355 e. The molecule has 2 N–H and O–H groups in total. The molecule has 0 aromatic carbocycles. The first kappa shape index (κ1) is 20.4. The molecule has 6 nitrogen and oxygen atoms in total. The summed E-state index contributed by atoms with van der Waals surface area (Å²) < 4.78 is 26.9. The Bertz CT molecular complexity index is 481. The van der Waals surface area contributed by atoms with Crippen LogP contribution in [0.1, 0.15) is 46.5 Å². The number of rotatable bonds is 8. The number of amides is 1. The number of hydrogen-bond donors (Lipinski definition) is 2. The Morgan fingerprint density at radius 2 is 1.74 bits per heavy atom. The number of sulfonamides is 1. The minimum atomic E-state index is -3.56. The van der Waals surface area contributed by atoms with Crippen LogP contribution < -0.4 is 10.0 Å². The first-order valence-corrected chi connectivity index (χ1v) is 10.1. The molecule has 0 radical (unpaired) electrons. The van der Waals surface area contributed by atoms with Crippen molar-refractivity contribution in [1.82, 2.24) is 14.9 Å². The van der Waals surface area contributed by atoms with Crippen molar-refractivity contribution in [3.63, 3.8) is 0 Å². The molecular formula is C16H33N3O3S. The van der Waals surface area contributed by atoms with Crippen LogP contribution in [-0.4, -0.2) is 58.2 Å². The molecule has 0 heterocycles. The Morgan fingerprint density at radius 1 is 1.17 bits per heavy atom. The van der Waals surface area contributed by atoms with E-state index in [0.29, 0.717) is 12.5 Å². The predicted molar refractivity (Wildman–Crippen MR) is 93.7 cm³/mol. The highest BCUT2D eigenvalue weighted by atomic mass is 32.2. The van der Waals surface area contributed by atoms with Crippen molar-refractivity contribution in [1.29, 1.82) is 0 Å². The third-order valence-electron chi connectivity index (χ3n) is 4.19. The van der Waals surface area contributed by atoms with Crippen molar-refractivity contribution in [3.05, 3.63) is 0 Å². The normalized spacial score (nSPS) is 23.0. The van der Waals surface area contributed by atoms with Crippen molar-refractivity contribution < 1.29 is 13.2 Å². The molecule has 1 amide bonds. The lowest BCUT2D eigenvalue weighted by Gasteiger charge is -2.28. The Morgan fingerprint density at radius 3 is 2.26 bits per heavy atom. The summed E-state index contributed by atoms with van der Waals surface area (Å²) in [5.74, 6) is -0.261. The second-order valence-corrected chi connectivity index (χ2v) is 9.77. The van der Waals surface area contributed by atoms with Gasteiger partial charge in [-0.2, -0.15) is 0 Å². The molecule has 0 saturated heterocycles. The quantitative estimate of drug-likeness (QED) is 0.691. The fourth-order valence-electron chi connectivity index (χ4n) is 3.15. The van der Waals surface area contributed by atoms with Crippen LogP contribution in [0.2, 0.25) is 0 Å². The minimum absolute atomic E-state index is 0.0193. The van der Waals surface area contributed by atoms with Crippen LogP contribution in [-0.2, 0) is 14.8 Å². The lowest BCUT2D eigenvalue weighted by Crippen LogP contribution is -2.45. The van der Waals surface area contributed by atoms with Gasteiger partial charge < -0.3 is 10.2 Å². The van der Waals surface area contributed by atoms with Gasteiger partial charge in [-0.05, 0) is 51.1 Å². The molecular weight excluding hydrogens is 314 g/mol. The molecule has 1 rings (SSSR count). The molecule has 0 aromatic rings. The van der Waals surface area contributed by atoms with E-state index in [1.807, 2.05) is 27.9 Å². The van der Waals surface area contributed by atoms with Gasteiger partial charge in [0.15, 0.2) is 0 Å². The fourth-order valence-corrected chi connectivity index (χ4v) is 4.42. The first-order chi connectivity index (χ1) is 10.5. The van der Waals surface area contributed by atoms with Crippen LogP contribution >= 0.6 is 0 Å². The molecule has 1 fully saturated rings. The first-order valence-electron chi connectivity index (χ1n) is 8.40. The highest BCUT2D eigenvalue weighted by Gasteiger charge is 2.26. The van der Waals surface area contributed by atoms with Crippen molar-refractivity contribution >= 4 is 15.9 Å². The maximum Gasteiger partial charge on any atom is 0.236 e. The summed E-state index contributed by atoms with van der Waals surface area (Å²) in [4.78, 5) is 14.0. The van der Waals surface area contributed by atoms with E-state index in [9.17, 15) is 13.2 Å². The summed E-state index contributed by atoms with van der Waals surface area (Å²) >= 11 is 0. The highest BCUT2D eigenvalue weighted by Crippen LogP contribution is 2.23. The monoisotopic (exact) mass is 347 g/mol.